The van der Waals surface area contributed by atoms with Crippen LogP contribution in [0.1, 0.15) is 11.7 Å². The molecular weight excluding hydrogens is 286 g/mol. The van der Waals surface area contributed by atoms with E-state index in [-0.39, 0.29) is 11.6 Å². The quantitative estimate of drug-likeness (QED) is 0.675. The van der Waals surface area contributed by atoms with Gasteiger partial charge in [0.25, 0.3) is 0 Å². The van der Waals surface area contributed by atoms with Crippen LogP contribution >= 0.6 is 11.6 Å². The van der Waals surface area contributed by atoms with Gasteiger partial charge in [-0.05, 0) is 22.6 Å². The lowest BCUT2D eigenvalue weighted by Gasteiger charge is -2.10. The van der Waals surface area contributed by atoms with Crippen LogP contribution in [0.4, 0.5) is 5.82 Å². The van der Waals surface area contributed by atoms with Crippen molar-refractivity contribution in [2.24, 2.45) is 0 Å². The highest BCUT2D eigenvalue weighted by molar-refractivity contribution is 6.32. The summed E-state index contributed by atoms with van der Waals surface area (Å²) in [5.74, 6) is 0.190. The number of methoxy groups -OCH3 is 1. The van der Waals surface area contributed by atoms with Crippen LogP contribution < -0.4 is 4.74 Å². The molecule has 7 nitrogen and oxygen atoms in total. The molecule has 1 heterocycles. The van der Waals surface area contributed by atoms with Crippen LogP contribution in [0.3, 0.4) is 0 Å². The highest BCUT2D eigenvalue weighted by Crippen LogP contribution is 2.24. The van der Waals surface area contributed by atoms with Gasteiger partial charge in [-0.1, -0.05) is 23.7 Å². The predicted molar refractivity (Wildman–Crippen MR) is 71.8 cm³/mol. The summed E-state index contributed by atoms with van der Waals surface area (Å²) in [6.07, 6.45) is 0.434. The van der Waals surface area contributed by atoms with Crippen molar-refractivity contribution in [3.8, 4) is 5.75 Å². The Balaban J connectivity index is 2.16. The maximum atomic E-state index is 10.6. The fourth-order valence-electron chi connectivity index (χ4n) is 1.74. The minimum Gasteiger partial charge on any atom is -0.497 e. The Kier molecular flexibility index (Phi) is 4.21. The molecule has 0 fully saturated rings. The minimum absolute atomic E-state index is 0.0563. The molecule has 1 aromatic heterocycles. The average molecular weight is 298 g/mol. The molecule has 20 heavy (non-hydrogen) atoms. The summed E-state index contributed by atoms with van der Waals surface area (Å²) in [6, 6.07) is 6.92. The van der Waals surface area contributed by atoms with Crippen molar-refractivity contribution in [3.05, 3.63) is 51.2 Å². The number of rotatable bonds is 5. The van der Waals surface area contributed by atoms with E-state index in [2.05, 4.69) is 5.10 Å². The van der Waals surface area contributed by atoms with Crippen molar-refractivity contribution < 1.29 is 14.8 Å². The van der Waals surface area contributed by atoms with Gasteiger partial charge in [-0.15, -0.1) is 0 Å². The largest absolute Gasteiger partial charge is 0.497 e. The molecular formula is C12H12ClN3O4. The van der Waals surface area contributed by atoms with Gasteiger partial charge in [-0.3, -0.25) is 0 Å². The Labute approximate surface area is 119 Å². The molecule has 1 atom stereocenters. The number of aliphatic hydroxyl groups is 1. The van der Waals surface area contributed by atoms with Crippen molar-refractivity contribution in [2.45, 2.75) is 12.6 Å². The fourth-order valence-corrected chi connectivity index (χ4v) is 1.95. The Morgan fingerprint density at radius 1 is 1.60 bits per heavy atom. The first-order chi connectivity index (χ1) is 9.51. The summed E-state index contributed by atoms with van der Waals surface area (Å²) in [4.78, 5) is 9.97. The lowest BCUT2D eigenvalue weighted by Crippen LogP contribution is -2.09. The monoisotopic (exact) mass is 297 g/mol. The van der Waals surface area contributed by atoms with E-state index in [9.17, 15) is 15.2 Å². The Morgan fingerprint density at radius 3 is 2.95 bits per heavy atom. The zero-order valence-electron chi connectivity index (χ0n) is 10.6. The van der Waals surface area contributed by atoms with Crippen molar-refractivity contribution in [3.63, 3.8) is 0 Å². The van der Waals surface area contributed by atoms with E-state index in [1.807, 2.05) is 0 Å². The van der Waals surface area contributed by atoms with E-state index in [4.69, 9.17) is 16.3 Å². The normalized spacial score (nSPS) is 12.2. The van der Waals surface area contributed by atoms with Crippen molar-refractivity contribution in [2.75, 3.05) is 7.11 Å². The minimum atomic E-state index is -0.874. The van der Waals surface area contributed by atoms with Crippen LogP contribution in [0.2, 0.25) is 5.02 Å². The second-order valence-electron chi connectivity index (χ2n) is 4.07. The molecule has 2 rings (SSSR count). The second-order valence-corrected chi connectivity index (χ2v) is 4.48. The number of hydrogen-bond donors (Lipinski definition) is 1. The maximum Gasteiger partial charge on any atom is 0.408 e. The molecule has 0 saturated heterocycles. The van der Waals surface area contributed by atoms with Crippen LogP contribution in [0.5, 0.6) is 5.75 Å². The first-order valence-corrected chi connectivity index (χ1v) is 6.08. The molecule has 0 aliphatic carbocycles. The first kappa shape index (κ1) is 14.3. The summed E-state index contributed by atoms with van der Waals surface area (Å²) in [6.45, 7) is 0.0563. The number of aromatic nitrogens is 2. The van der Waals surface area contributed by atoms with Crippen LogP contribution in [0.15, 0.2) is 30.5 Å². The van der Waals surface area contributed by atoms with Gasteiger partial charge in [0.1, 0.15) is 11.9 Å². The van der Waals surface area contributed by atoms with Crippen LogP contribution in [-0.2, 0) is 6.54 Å². The van der Waals surface area contributed by atoms with Gasteiger partial charge < -0.3 is 20.0 Å². The summed E-state index contributed by atoms with van der Waals surface area (Å²) in [7, 11) is 1.53. The fraction of sp³-hybridized carbons (Fsp3) is 0.250. The predicted octanol–water partition coefficient (Wildman–Crippen LogP) is 2.19. The van der Waals surface area contributed by atoms with Gasteiger partial charge in [0.05, 0.1) is 25.0 Å². The van der Waals surface area contributed by atoms with Gasteiger partial charge in [0, 0.05) is 0 Å². The average Bonchev–Trinajstić information content (AvgIpc) is 2.79. The molecule has 0 spiro atoms. The number of halogens is 1. The van der Waals surface area contributed by atoms with Gasteiger partial charge in [-0.25, -0.2) is 0 Å². The standard InChI is InChI=1S/C12H12ClN3O4/c1-20-9-4-2-3-8(5-9)11(17)7-15-6-10(13)12(14-15)16(18)19/h2-6,11,17H,7H2,1H3. The summed E-state index contributed by atoms with van der Waals surface area (Å²) < 4.78 is 6.31. The van der Waals surface area contributed by atoms with Gasteiger partial charge in [-0.2, -0.15) is 4.68 Å². The molecule has 0 saturated carbocycles. The molecule has 0 aliphatic rings. The molecule has 2 aromatic rings. The van der Waals surface area contributed by atoms with Crippen LogP contribution in [0, 0.1) is 10.1 Å². The zero-order chi connectivity index (χ0) is 14.7. The highest BCUT2D eigenvalue weighted by atomic mass is 35.5. The van der Waals surface area contributed by atoms with E-state index in [0.717, 1.165) is 0 Å². The maximum absolute atomic E-state index is 10.6. The molecule has 8 heteroatoms. The van der Waals surface area contributed by atoms with Crippen molar-refractivity contribution >= 4 is 17.4 Å². The smallest absolute Gasteiger partial charge is 0.408 e. The van der Waals surface area contributed by atoms with Gasteiger partial charge in [0.15, 0.2) is 5.02 Å². The molecule has 1 N–H and O–H groups in total. The number of ether oxygens (including phenoxy) is 1. The van der Waals surface area contributed by atoms with E-state index in [1.54, 1.807) is 24.3 Å². The van der Waals surface area contributed by atoms with Crippen LogP contribution in [0.25, 0.3) is 0 Å². The number of aliphatic hydroxyl groups excluding tert-OH is 1. The molecule has 0 aliphatic heterocycles. The third-order valence-corrected chi connectivity index (χ3v) is 2.98. The second kappa shape index (κ2) is 5.89. The number of benzene rings is 1. The van der Waals surface area contributed by atoms with Gasteiger partial charge >= 0.3 is 5.82 Å². The van der Waals surface area contributed by atoms with E-state index >= 15 is 0 Å². The number of hydrogen-bond acceptors (Lipinski definition) is 5. The highest BCUT2D eigenvalue weighted by Gasteiger charge is 2.21. The zero-order valence-corrected chi connectivity index (χ0v) is 11.3. The molecule has 106 valence electrons. The third-order valence-electron chi connectivity index (χ3n) is 2.71. The van der Waals surface area contributed by atoms with E-state index in [0.29, 0.717) is 11.3 Å². The lowest BCUT2D eigenvalue weighted by molar-refractivity contribution is -0.389. The molecule has 1 aromatic carbocycles. The Bertz CT molecular complexity index is 629. The lowest BCUT2D eigenvalue weighted by atomic mass is 10.1. The Hall–Kier alpha value is -2.12. The van der Waals surface area contributed by atoms with E-state index in [1.165, 1.54) is 18.0 Å². The third kappa shape index (κ3) is 3.06. The molecule has 1 unspecified atom stereocenters. The molecule has 0 radical (unpaired) electrons. The number of nitro groups is 1. The molecule has 0 bridgehead atoms. The Morgan fingerprint density at radius 2 is 2.35 bits per heavy atom. The first-order valence-electron chi connectivity index (χ1n) is 5.70. The summed E-state index contributed by atoms with van der Waals surface area (Å²) in [5, 5.41) is 24.4. The van der Waals surface area contributed by atoms with Crippen molar-refractivity contribution in [1.29, 1.82) is 0 Å². The summed E-state index contributed by atoms with van der Waals surface area (Å²) in [5.41, 5.74) is 0.624. The van der Waals surface area contributed by atoms with Gasteiger partial charge in [0.2, 0.25) is 0 Å². The topological polar surface area (TPSA) is 90.4 Å². The van der Waals surface area contributed by atoms with Crippen molar-refractivity contribution in [1.82, 2.24) is 9.78 Å². The SMILES string of the molecule is COc1cccc(C(O)Cn2cc(Cl)c([N+](=O)[O-])n2)c1. The molecule has 0 amide bonds. The van der Waals surface area contributed by atoms with E-state index < -0.39 is 16.8 Å². The van der Waals surface area contributed by atoms with Crippen LogP contribution in [-0.4, -0.2) is 26.9 Å². The summed E-state index contributed by atoms with van der Waals surface area (Å²) >= 11 is 5.69. The number of nitrogens with zero attached hydrogens (tertiary/aromatic N) is 3.